The fourth-order valence-corrected chi connectivity index (χ4v) is 1.12. The monoisotopic (exact) mass is 138 g/mol. The van der Waals surface area contributed by atoms with E-state index in [2.05, 4.69) is 25.7 Å². The van der Waals surface area contributed by atoms with E-state index in [4.69, 9.17) is 4.74 Å². The van der Waals surface area contributed by atoms with E-state index < -0.39 is 0 Å². The highest BCUT2D eigenvalue weighted by molar-refractivity contribution is 4.97. The first-order valence-corrected chi connectivity index (χ1v) is 3.76. The van der Waals surface area contributed by atoms with Gasteiger partial charge in [-0.15, -0.1) is 6.58 Å². The van der Waals surface area contributed by atoms with Gasteiger partial charge in [0.2, 0.25) is 0 Å². The molecule has 0 radical (unpaired) electrons. The molecule has 0 saturated heterocycles. The second-order valence-electron chi connectivity index (χ2n) is 2.67. The third-order valence-electron chi connectivity index (χ3n) is 1.62. The Morgan fingerprint density at radius 3 is 3.20 bits per heavy atom. The molecule has 1 aliphatic rings. The molecule has 1 rings (SSSR count). The van der Waals surface area contributed by atoms with Gasteiger partial charge in [0.1, 0.15) is 0 Å². The first-order chi connectivity index (χ1) is 4.83. The average Bonchev–Trinajstić information content (AvgIpc) is 1.88. The van der Waals surface area contributed by atoms with E-state index >= 15 is 0 Å². The van der Waals surface area contributed by atoms with E-state index in [0.717, 1.165) is 12.8 Å². The molecule has 0 unspecified atom stereocenters. The summed E-state index contributed by atoms with van der Waals surface area (Å²) >= 11 is 0. The Morgan fingerprint density at radius 2 is 2.60 bits per heavy atom. The van der Waals surface area contributed by atoms with Gasteiger partial charge in [-0.3, -0.25) is 0 Å². The molecule has 0 aromatic carbocycles. The van der Waals surface area contributed by atoms with E-state index in [1.165, 1.54) is 0 Å². The van der Waals surface area contributed by atoms with Crippen molar-refractivity contribution < 1.29 is 4.74 Å². The van der Waals surface area contributed by atoms with Crippen LogP contribution >= 0.6 is 0 Å². The second kappa shape index (κ2) is 3.57. The van der Waals surface area contributed by atoms with Crippen LogP contribution in [0.4, 0.5) is 0 Å². The molecule has 0 aliphatic carbocycles. The lowest BCUT2D eigenvalue weighted by atomic mass is 10.1. The van der Waals surface area contributed by atoms with Gasteiger partial charge in [0.25, 0.3) is 0 Å². The highest BCUT2D eigenvalue weighted by atomic mass is 16.5. The largest absolute Gasteiger partial charge is 0.371 e. The van der Waals surface area contributed by atoms with Crippen molar-refractivity contribution in [3.63, 3.8) is 0 Å². The Hall–Kier alpha value is -0.560. The number of ether oxygens (including phenoxy) is 1. The molecule has 10 heavy (non-hydrogen) atoms. The molecule has 1 aliphatic heterocycles. The lowest BCUT2D eigenvalue weighted by molar-refractivity contribution is 0.0194. The minimum atomic E-state index is 0.279. The van der Waals surface area contributed by atoms with Gasteiger partial charge in [0.05, 0.1) is 12.2 Å². The molecular weight excluding hydrogens is 124 g/mol. The zero-order chi connectivity index (χ0) is 7.40. The quantitative estimate of drug-likeness (QED) is 0.532. The van der Waals surface area contributed by atoms with Crippen LogP contribution in [-0.2, 0) is 4.74 Å². The maximum Gasteiger partial charge on any atom is 0.0793 e. The van der Waals surface area contributed by atoms with Gasteiger partial charge < -0.3 is 4.74 Å². The molecule has 1 nitrogen and oxygen atoms in total. The summed E-state index contributed by atoms with van der Waals surface area (Å²) in [5.41, 5.74) is 0. The SMILES string of the molecule is C=CC[C@H]1C=CC[C@H](C)O1. The first-order valence-electron chi connectivity index (χ1n) is 3.76. The summed E-state index contributed by atoms with van der Waals surface area (Å²) in [4.78, 5) is 0. The Kier molecular flexibility index (Phi) is 2.69. The van der Waals surface area contributed by atoms with Gasteiger partial charge >= 0.3 is 0 Å². The van der Waals surface area contributed by atoms with Crippen molar-refractivity contribution in [2.24, 2.45) is 0 Å². The number of rotatable bonds is 2. The first kappa shape index (κ1) is 7.55. The average molecular weight is 138 g/mol. The third-order valence-corrected chi connectivity index (χ3v) is 1.62. The van der Waals surface area contributed by atoms with Crippen molar-refractivity contribution in [2.75, 3.05) is 0 Å². The van der Waals surface area contributed by atoms with Gasteiger partial charge in [-0.2, -0.15) is 0 Å². The van der Waals surface area contributed by atoms with Gasteiger partial charge in [-0.1, -0.05) is 18.2 Å². The molecule has 0 bridgehead atoms. The van der Waals surface area contributed by atoms with Gasteiger partial charge in [-0.25, -0.2) is 0 Å². The lowest BCUT2D eigenvalue weighted by Crippen LogP contribution is -2.20. The van der Waals surface area contributed by atoms with E-state index in [1.54, 1.807) is 0 Å². The summed E-state index contributed by atoms with van der Waals surface area (Å²) in [6.07, 6.45) is 8.84. The van der Waals surface area contributed by atoms with Crippen molar-refractivity contribution >= 4 is 0 Å². The maximum atomic E-state index is 5.57. The number of hydrogen-bond donors (Lipinski definition) is 0. The summed E-state index contributed by atoms with van der Waals surface area (Å²) in [5, 5.41) is 0. The van der Waals surface area contributed by atoms with Crippen LogP contribution in [0.25, 0.3) is 0 Å². The molecule has 1 heterocycles. The molecule has 0 amide bonds. The molecule has 0 saturated carbocycles. The Labute approximate surface area is 62.4 Å². The van der Waals surface area contributed by atoms with Crippen LogP contribution < -0.4 is 0 Å². The van der Waals surface area contributed by atoms with Crippen molar-refractivity contribution in [3.8, 4) is 0 Å². The highest BCUT2D eigenvalue weighted by Gasteiger charge is 2.11. The van der Waals surface area contributed by atoms with Crippen LogP contribution in [0.2, 0.25) is 0 Å². The van der Waals surface area contributed by atoms with Gasteiger partial charge in [0.15, 0.2) is 0 Å². The van der Waals surface area contributed by atoms with Crippen molar-refractivity contribution in [1.82, 2.24) is 0 Å². The molecule has 0 fully saturated rings. The van der Waals surface area contributed by atoms with E-state index in [0.29, 0.717) is 6.10 Å². The maximum absolute atomic E-state index is 5.57. The normalized spacial score (nSPS) is 32.1. The topological polar surface area (TPSA) is 9.23 Å². The number of hydrogen-bond acceptors (Lipinski definition) is 1. The summed E-state index contributed by atoms with van der Waals surface area (Å²) in [5.74, 6) is 0. The van der Waals surface area contributed by atoms with Gasteiger partial charge in [0, 0.05) is 0 Å². The Balaban J connectivity index is 2.38. The molecular formula is C9H14O. The molecule has 2 atom stereocenters. The van der Waals surface area contributed by atoms with Crippen LogP contribution in [-0.4, -0.2) is 12.2 Å². The predicted octanol–water partition coefficient (Wildman–Crippen LogP) is 2.30. The molecule has 56 valence electrons. The molecule has 0 aromatic rings. The lowest BCUT2D eigenvalue weighted by Gasteiger charge is -2.21. The van der Waals surface area contributed by atoms with Crippen molar-refractivity contribution in [3.05, 3.63) is 24.8 Å². The van der Waals surface area contributed by atoms with Crippen molar-refractivity contribution in [2.45, 2.75) is 32.0 Å². The zero-order valence-electron chi connectivity index (χ0n) is 6.42. The summed E-state index contributed by atoms with van der Waals surface area (Å²) in [6.45, 7) is 5.76. The zero-order valence-corrected chi connectivity index (χ0v) is 6.42. The fraction of sp³-hybridized carbons (Fsp3) is 0.556. The minimum absolute atomic E-state index is 0.279. The Bertz CT molecular complexity index is 138. The van der Waals surface area contributed by atoms with Crippen LogP contribution in [0.5, 0.6) is 0 Å². The van der Waals surface area contributed by atoms with E-state index in [9.17, 15) is 0 Å². The predicted molar refractivity (Wildman–Crippen MR) is 42.9 cm³/mol. The minimum Gasteiger partial charge on any atom is -0.371 e. The molecule has 1 heteroatoms. The van der Waals surface area contributed by atoms with Crippen LogP contribution in [0.15, 0.2) is 24.8 Å². The summed E-state index contributed by atoms with van der Waals surface area (Å²) in [7, 11) is 0. The Morgan fingerprint density at radius 1 is 1.80 bits per heavy atom. The molecule has 0 N–H and O–H groups in total. The third kappa shape index (κ3) is 1.99. The van der Waals surface area contributed by atoms with Crippen LogP contribution in [0.3, 0.4) is 0 Å². The fourth-order valence-electron chi connectivity index (χ4n) is 1.12. The van der Waals surface area contributed by atoms with Crippen molar-refractivity contribution in [1.29, 1.82) is 0 Å². The van der Waals surface area contributed by atoms with Gasteiger partial charge in [-0.05, 0) is 19.8 Å². The molecule has 0 aromatic heterocycles. The standard InChI is InChI=1S/C9H14O/c1-3-5-9-7-4-6-8(2)10-9/h3-4,7-9H,1,5-6H2,2H3/t8-,9-/m0/s1. The highest BCUT2D eigenvalue weighted by Crippen LogP contribution is 2.13. The van der Waals surface area contributed by atoms with Crippen LogP contribution in [0.1, 0.15) is 19.8 Å². The van der Waals surface area contributed by atoms with Crippen LogP contribution in [0, 0.1) is 0 Å². The van der Waals surface area contributed by atoms with E-state index in [1.807, 2.05) is 6.08 Å². The molecule has 0 spiro atoms. The van der Waals surface area contributed by atoms with E-state index in [-0.39, 0.29) is 6.10 Å². The summed E-state index contributed by atoms with van der Waals surface area (Å²) in [6, 6.07) is 0. The smallest absolute Gasteiger partial charge is 0.0793 e. The summed E-state index contributed by atoms with van der Waals surface area (Å²) < 4.78 is 5.57. The second-order valence-corrected chi connectivity index (χ2v) is 2.67.